The molecule has 0 unspecified atom stereocenters. The second-order valence-corrected chi connectivity index (χ2v) is 9.03. The van der Waals surface area contributed by atoms with Gasteiger partial charge in [-0.05, 0) is 43.5 Å². The molecule has 30 heavy (non-hydrogen) atoms. The van der Waals surface area contributed by atoms with Crippen LogP contribution < -0.4 is 19.9 Å². The predicted molar refractivity (Wildman–Crippen MR) is 116 cm³/mol. The Kier molecular flexibility index (Phi) is 6.35. The van der Waals surface area contributed by atoms with E-state index in [0.717, 1.165) is 50.4 Å². The lowest BCUT2D eigenvalue weighted by Crippen LogP contribution is -2.40. The fraction of sp³-hybridized carbons (Fsp3) is 0.429. The summed E-state index contributed by atoms with van der Waals surface area (Å²) in [6.45, 7) is 3.39. The first kappa shape index (κ1) is 20.4. The van der Waals surface area contributed by atoms with Crippen molar-refractivity contribution in [3.63, 3.8) is 0 Å². The van der Waals surface area contributed by atoms with Crippen molar-refractivity contribution in [2.45, 2.75) is 19.3 Å². The number of furan rings is 1. The number of piperidine rings is 1. The van der Waals surface area contributed by atoms with Gasteiger partial charge < -0.3 is 23.5 Å². The smallest absolute Gasteiger partial charge is 0.419 e. The molecule has 4 rings (SSSR count). The van der Waals surface area contributed by atoms with Crippen molar-refractivity contribution in [1.29, 1.82) is 5.26 Å². The number of benzene rings is 1. The summed E-state index contributed by atoms with van der Waals surface area (Å²) in [5.41, 5.74) is 2.68. The first-order chi connectivity index (χ1) is 14.6. The minimum atomic E-state index is -0.730. The van der Waals surface area contributed by atoms with Gasteiger partial charge >= 0.3 is 6.09 Å². The molecule has 0 spiro atoms. The number of carbonyl (C=O) groups is 1. The molecule has 0 saturated carbocycles. The van der Waals surface area contributed by atoms with Crippen molar-refractivity contribution < 1.29 is 18.5 Å². The zero-order valence-corrected chi connectivity index (χ0v) is 17.5. The zero-order valence-electron chi connectivity index (χ0n) is 16.6. The van der Waals surface area contributed by atoms with Crippen molar-refractivity contribution >= 4 is 34.3 Å². The molecule has 0 aliphatic carbocycles. The van der Waals surface area contributed by atoms with Crippen LogP contribution >= 0.6 is 0 Å². The van der Waals surface area contributed by atoms with E-state index in [0.29, 0.717) is 17.2 Å². The lowest BCUT2D eigenvalue weighted by molar-refractivity contribution is 0.202. The van der Waals surface area contributed by atoms with Crippen LogP contribution in [0.3, 0.4) is 0 Å². The third-order valence-electron chi connectivity index (χ3n) is 5.34. The van der Waals surface area contributed by atoms with Crippen LogP contribution in [0.2, 0.25) is 0 Å². The maximum absolute atomic E-state index is 12.4. The number of nitriles is 1. The molecule has 3 heterocycles. The molecule has 8 nitrogen and oxygen atoms in total. The monoisotopic (exact) mass is 428 g/mol. The van der Waals surface area contributed by atoms with E-state index in [1.54, 1.807) is 0 Å². The van der Waals surface area contributed by atoms with Gasteiger partial charge in [-0.2, -0.15) is 5.26 Å². The minimum Gasteiger partial charge on any atom is -0.616 e. The van der Waals surface area contributed by atoms with Gasteiger partial charge in [-0.3, -0.25) is 5.32 Å². The fourth-order valence-electron chi connectivity index (χ4n) is 3.78. The summed E-state index contributed by atoms with van der Waals surface area (Å²) in [4.78, 5) is 16.9. The summed E-state index contributed by atoms with van der Waals surface area (Å²) in [6.07, 6.45) is 2.76. The van der Waals surface area contributed by atoms with Gasteiger partial charge in [0.25, 0.3) is 5.95 Å². The predicted octanol–water partition coefficient (Wildman–Crippen LogP) is 3.32. The number of amides is 1. The fourth-order valence-corrected chi connectivity index (χ4v) is 4.83. The minimum absolute atomic E-state index is 0.0264. The molecule has 0 bridgehead atoms. The average Bonchev–Trinajstić information content (AvgIpc) is 3.22. The van der Waals surface area contributed by atoms with Gasteiger partial charge in [0, 0.05) is 24.8 Å². The van der Waals surface area contributed by atoms with Crippen LogP contribution in [0.1, 0.15) is 25.0 Å². The van der Waals surface area contributed by atoms with Crippen molar-refractivity contribution in [2.24, 2.45) is 0 Å². The second-order valence-electron chi connectivity index (χ2n) is 7.33. The molecule has 2 aromatic rings. The molecular formula is C21H24N4O4S. The van der Waals surface area contributed by atoms with Crippen molar-refractivity contribution in [1.82, 2.24) is 0 Å². The largest absolute Gasteiger partial charge is 0.616 e. The van der Waals surface area contributed by atoms with Gasteiger partial charge in [0.15, 0.2) is 0 Å². The lowest BCUT2D eigenvalue weighted by atomic mass is 10.1. The Balaban J connectivity index is 1.53. The summed E-state index contributed by atoms with van der Waals surface area (Å²) in [7, 11) is 0. The Hall–Kier alpha value is -2.83. The van der Waals surface area contributed by atoms with E-state index in [4.69, 9.17) is 14.4 Å². The maximum atomic E-state index is 12.4. The van der Waals surface area contributed by atoms with E-state index in [2.05, 4.69) is 21.2 Å². The molecule has 2 saturated heterocycles. The lowest BCUT2D eigenvalue weighted by Gasteiger charge is -2.34. The summed E-state index contributed by atoms with van der Waals surface area (Å²) in [5.74, 6) is 1.42. The number of rotatable bonds is 4. The van der Waals surface area contributed by atoms with Crippen molar-refractivity contribution in [3.8, 4) is 12.0 Å². The maximum Gasteiger partial charge on any atom is 0.419 e. The van der Waals surface area contributed by atoms with E-state index in [9.17, 15) is 9.35 Å². The molecule has 1 amide bonds. The van der Waals surface area contributed by atoms with Gasteiger partial charge in [-0.1, -0.05) is 11.2 Å². The van der Waals surface area contributed by atoms with Crippen LogP contribution in [-0.4, -0.2) is 48.3 Å². The summed E-state index contributed by atoms with van der Waals surface area (Å²) in [5, 5.41) is 11.6. The molecule has 0 radical (unpaired) electrons. The van der Waals surface area contributed by atoms with Gasteiger partial charge in [-0.25, -0.2) is 4.79 Å². The molecule has 1 aromatic heterocycles. The summed E-state index contributed by atoms with van der Waals surface area (Å²) >= 11 is -0.730. The number of anilines is 3. The molecule has 2 fully saturated rings. The van der Waals surface area contributed by atoms with E-state index < -0.39 is 17.3 Å². The van der Waals surface area contributed by atoms with E-state index in [1.807, 2.05) is 18.2 Å². The topological polar surface area (TPSA) is 105 Å². The quantitative estimate of drug-likeness (QED) is 0.745. The highest BCUT2D eigenvalue weighted by Gasteiger charge is 2.23. The van der Waals surface area contributed by atoms with Crippen LogP contribution in [0, 0.1) is 11.3 Å². The van der Waals surface area contributed by atoms with Gasteiger partial charge in [-0.15, -0.1) is 0 Å². The van der Waals surface area contributed by atoms with Crippen molar-refractivity contribution in [2.75, 3.05) is 52.8 Å². The molecule has 2 aliphatic heterocycles. The van der Waals surface area contributed by atoms with Gasteiger partial charge in [0.1, 0.15) is 17.6 Å². The molecule has 158 valence electrons. The van der Waals surface area contributed by atoms with Crippen LogP contribution in [0.15, 0.2) is 34.7 Å². The first-order valence-corrected chi connectivity index (χ1v) is 11.6. The number of hydrogen-bond acceptors (Lipinski definition) is 7. The third-order valence-corrected chi connectivity index (χ3v) is 6.62. The Labute approximate surface area is 178 Å². The molecule has 2 aliphatic rings. The van der Waals surface area contributed by atoms with Crippen LogP contribution in [0.5, 0.6) is 5.95 Å². The first-order valence-electron chi connectivity index (χ1n) is 10.1. The summed E-state index contributed by atoms with van der Waals surface area (Å²) < 4.78 is 22.0. The standard InChI is InChI=1S/C21H24N4O4S/c22-15-17-5-7-20(28-17)29-21(26)23-18-6-4-16(24-10-12-30(27)13-11-24)14-19(18)25-8-2-1-3-9-25/h4-7,14H,1-3,8-13H2,(H,23,26). The number of carbonyl (C=O) groups excluding carboxylic acids is 1. The molecule has 0 atom stereocenters. The summed E-state index contributed by atoms with van der Waals surface area (Å²) in [6, 6.07) is 10.7. The van der Waals surface area contributed by atoms with Crippen LogP contribution in [-0.2, 0) is 11.2 Å². The SMILES string of the molecule is N#Cc1ccc(OC(=O)Nc2ccc(N3CC[S+]([O-])CC3)cc2N2CCCCC2)o1. The molecule has 1 N–H and O–H groups in total. The zero-order chi connectivity index (χ0) is 20.9. The van der Waals surface area contributed by atoms with E-state index >= 15 is 0 Å². The Morgan fingerprint density at radius 3 is 2.57 bits per heavy atom. The average molecular weight is 429 g/mol. The Morgan fingerprint density at radius 1 is 1.10 bits per heavy atom. The van der Waals surface area contributed by atoms with Crippen LogP contribution in [0.25, 0.3) is 0 Å². The normalized spacial score (nSPS) is 17.5. The van der Waals surface area contributed by atoms with Gasteiger partial charge in [0.05, 0.1) is 24.5 Å². The van der Waals surface area contributed by atoms with Crippen LogP contribution in [0.4, 0.5) is 21.9 Å². The highest BCUT2D eigenvalue weighted by atomic mass is 32.2. The van der Waals surface area contributed by atoms with Gasteiger partial charge in [0.2, 0.25) is 5.76 Å². The Bertz CT molecular complexity index is 927. The van der Waals surface area contributed by atoms with Crippen molar-refractivity contribution in [3.05, 3.63) is 36.1 Å². The number of nitrogens with zero attached hydrogens (tertiary/aromatic N) is 3. The highest BCUT2D eigenvalue weighted by Crippen LogP contribution is 2.33. The second kappa shape index (κ2) is 9.32. The molecule has 9 heteroatoms. The molecule has 1 aromatic carbocycles. The Morgan fingerprint density at radius 2 is 1.87 bits per heavy atom. The number of ether oxygens (including phenoxy) is 1. The number of hydrogen-bond donors (Lipinski definition) is 1. The highest BCUT2D eigenvalue weighted by molar-refractivity contribution is 7.91. The van der Waals surface area contributed by atoms with E-state index in [1.165, 1.54) is 18.6 Å². The molecular weight excluding hydrogens is 404 g/mol. The number of nitrogens with one attached hydrogen (secondary N) is 1. The van der Waals surface area contributed by atoms with E-state index in [-0.39, 0.29) is 11.7 Å². The third kappa shape index (κ3) is 4.83.